The van der Waals surface area contributed by atoms with Crippen molar-refractivity contribution >= 4 is 5.82 Å². The Labute approximate surface area is 85.3 Å². The highest BCUT2D eigenvalue weighted by Gasteiger charge is 2.39. The molecule has 1 fully saturated rings. The van der Waals surface area contributed by atoms with E-state index in [0.717, 1.165) is 12.8 Å². The van der Waals surface area contributed by atoms with Crippen LogP contribution < -0.4 is 5.32 Å². The second-order valence-electron chi connectivity index (χ2n) is 3.75. The van der Waals surface area contributed by atoms with Crippen molar-refractivity contribution in [3.63, 3.8) is 0 Å². The van der Waals surface area contributed by atoms with E-state index >= 15 is 0 Å². The number of halogens is 3. The lowest BCUT2D eigenvalue weighted by molar-refractivity contribution is -0.141. The van der Waals surface area contributed by atoms with Gasteiger partial charge in [0.05, 0.1) is 6.04 Å². The first-order valence-electron chi connectivity index (χ1n) is 4.79. The van der Waals surface area contributed by atoms with E-state index < -0.39 is 11.9 Å². The fraction of sp³-hybridized carbons (Fsp3) is 0.667. The summed E-state index contributed by atoms with van der Waals surface area (Å²) in [5.74, 6) is 0.477. The summed E-state index contributed by atoms with van der Waals surface area (Å²) in [6, 6.07) is 0.141. The van der Waals surface area contributed by atoms with Gasteiger partial charge in [-0.05, 0) is 19.8 Å². The number of aromatic nitrogens is 2. The van der Waals surface area contributed by atoms with Gasteiger partial charge in [-0.1, -0.05) is 0 Å². The Kier molecular flexibility index (Phi) is 2.17. The van der Waals surface area contributed by atoms with Crippen LogP contribution in [0.3, 0.4) is 0 Å². The fourth-order valence-corrected chi connectivity index (χ4v) is 1.67. The highest BCUT2D eigenvalue weighted by atomic mass is 19.4. The zero-order chi connectivity index (χ0) is 11.2. The van der Waals surface area contributed by atoms with E-state index in [1.165, 1.54) is 11.6 Å². The van der Waals surface area contributed by atoms with Crippen molar-refractivity contribution in [2.24, 2.45) is 0 Å². The zero-order valence-corrected chi connectivity index (χ0v) is 8.52. The van der Waals surface area contributed by atoms with Gasteiger partial charge in [-0.3, -0.25) is 0 Å². The first kappa shape index (κ1) is 10.3. The van der Waals surface area contributed by atoms with E-state index in [9.17, 15) is 13.2 Å². The van der Waals surface area contributed by atoms with Gasteiger partial charge in [0.2, 0.25) is 0 Å². The predicted molar refractivity (Wildman–Crippen MR) is 49.8 cm³/mol. The summed E-state index contributed by atoms with van der Waals surface area (Å²) in [6.45, 7) is 1.44. The van der Waals surface area contributed by atoms with E-state index in [2.05, 4.69) is 10.4 Å². The largest absolute Gasteiger partial charge is 0.435 e. The molecule has 0 spiro atoms. The molecule has 15 heavy (non-hydrogen) atoms. The molecule has 0 aromatic carbocycles. The molecule has 1 aromatic rings. The molecule has 0 aliphatic heterocycles. The van der Waals surface area contributed by atoms with Gasteiger partial charge in [0.25, 0.3) is 0 Å². The lowest BCUT2D eigenvalue weighted by Crippen LogP contribution is -2.08. The van der Waals surface area contributed by atoms with Crippen LogP contribution in [-0.4, -0.2) is 16.8 Å². The monoisotopic (exact) mass is 219 g/mol. The molecular formula is C9H12F3N3. The van der Waals surface area contributed by atoms with Gasteiger partial charge in [0, 0.05) is 12.6 Å². The number of hydrogen-bond donors (Lipinski definition) is 1. The molecule has 1 aromatic heterocycles. The lowest BCUT2D eigenvalue weighted by atomic mass is 10.2. The molecule has 0 saturated heterocycles. The number of nitrogens with zero attached hydrogens (tertiary/aromatic N) is 2. The molecule has 0 bridgehead atoms. The topological polar surface area (TPSA) is 29.9 Å². The second-order valence-corrected chi connectivity index (χ2v) is 3.75. The van der Waals surface area contributed by atoms with Crippen molar-refractivity contribution < 1.29 is 13.2 Å². The van der Waals surface area contributed by atoms with Gasteiger partial charge < -0.3 is 5.32 Å². The van der Waals surface area contributed by atoms with Gasteiger partial charge in [0.15, 0.2) is 5.69 Å². The predicted octanol–water partition coefficient (Wildman–Crippen LogP) is 2.59. The zero-order valence-electron chi connectivity index (χ0n) is 8.52. The summed E-state index contributed by atoms with van der Waals surface area (Å²) in [7, 11) is 1.61. The van der Waals surface area contributed by atoms with Crippen LogP contribution in [0.4, 0.5) is 19.0 Å². The minimum absolute atomic E-state index is 0.141. The highest BCUT2D eigenvalue weighted by Crippen LogP contribution is 2.41. The summed E-state index contributed by atoms with van der Waals surface area (Å²) in [6.07, 6.45) is -2.55. The summed E-state index contributed by atoms with van der Waals surface area (Å²) in [5.41, 5.74) is -0.601. The summed E-state index contributed by atoms with van der Waals surface area (Å²) >= 11 is 0. The average Bonchev–Trinajstić information content (AvgIpc) is 2.88. The third-order valence-electron chi connectivity index (χ3n) is 2.55. The maximum Gasteiger partial charge on any atom is 0.435 e. The van der Waals surface area contributed by atoms with Gasteiger partial charge in [-0.25, -0.2) is 4.68 Å². The number of hydrogen-bond acceptors (Lipinski definition) is 2. The van der Waals surface area contributed by atoms with Crippen molar-refractivity contribution in [3.8, 4) is 0 Å². The first-order valence-corrected chi connectivity index (χ1v) is 4.79. The van der Waals surface area contributed by atoms with Crippen LogP contribution in [-0.2, 0) is 6.18 Å². The van der Waals surface area contributed by atoms with Crippen molar-refractivity contribution in [1.29, 1.82) is 0 Å². The Morgan fingerprint density at radius 1 is 1.40 bits per heavy atom. The Morgan fingerprint density at radius 3 is 2.40 bits per heavy atom. The number of alkyl halides is 3. The van der Waals surface area contributed by atoms with Crippen LogP contribution >= 0.6 is 0 Å². The van der Waals surface area contributed by atoms with E-state index in [-0.39, 0.29) is 11.6 Å². The standard InChI is InChI=1S/C9H12F3N3/c1-5-7(9(10,11)12)14-15(6-3-4-6)8(5)13-2/h6,13H,3-4H2,1-2H3. The number of anilines is 1. The normalized spacial score (nSPS) is 16.9. The Morgan fingerprint density at radius 2 is 2.00 bits per heavy atom. The summed E-state index contributed by atoms with van der Waals surface area (Å²) in [5, 5.41) is 6.42. The third kappa shape index (κ3) is 1.68. The Bertz CT molecular complexity index is 377. The van der Waals surface area contributed by atoms with Crippen molar-refractivity contribution in [2.75, 3.05) is 12.4 Å². The second kappa shape index (κ2) is 3.15. The molecule has 84 valence electrons. The molecule has 2 rings (SSSR count). The van der Waals surface area contributed by atoms with E-state index in [1.807, 2.05) is 0 Å². The average molecular weight is 219 g/mol. The van der Waals surface area contributed by atoms with Gasteiger partial charge in [-0.15, -0.1) is 0 Å². The van der Waals surface area contributed by atoms with Crippen molar-refractivity contribution in [3.05, 3.63) is 11.3 Å². The molecule has 1 N–H and O–H groups in total. The van der Waals surface area contributed by atoms with Crippen LogP contribution in [0.1, 0.15) is 30.1 Å². The van der Waals surface area contributed by atoms with Crippen LogP contribution in [0, 0.1) is 6.92 Å². The molecule has 1 aliphatic carbocycles. The van der Waals surface area contributed by atoms with Crippen molar-refractivity contribution in [2.45, 2.75) is 32.0 Å². The molecule has 6 heteroatoms. The highest BCUT2D eigenvalue weighted by molar-refractivity contribution is 5.48. The van der Waals surface area contributed by atoms with E-state index in [1.54, 1.807) is 7.05 Å². The SMILES string of the molecule is CNc1c(C)c(C(F)(F)F)nn1C1CC1. The maximum atomic E-state index is 12.6. The fourth-order valence-electron chi connectivity index (χ4n) is 1.67. The van der Waals surface area contributed by atoms with Gasteiger partial charge >= 0.3 is 6.18 Å². The van der Waals surface area contributed by atoms with Gasteiger partial charge in [-0.2, -0.15) is 18.3 Å². The minimum atomic E-state index is -4.37. The molecule has 1 saturated carbocycles. The summed E-state index contributed by atoms with van der Waals surface area (Å²) in [4.78, 5) is 0. The first-order chi connectivity index (χ1) is 6.95. The Hall–Kier alpha value is -1.20. The molecule has 0 radical (unpaired) electrons. The quantitative estimate of drug-likeness (QED) is 0.828. The van der Waals surface area contributed by atoms with Crippen LogP contribution in [0.2, 0.25) is 0 Å². The number of rotatable bonds is 2. The van der Waals surface area contributed by atoms with Crippen LogP contribution in [0.5, 0.6) is 0 Å². The van der Waals surface area contributed by atoms with Crippen LogP contribution in [0.15, 0.2) is 0 Å². The minimum Gasteiger partial charge on any atom is -0.373 e. The van der Waals surface area contributed by atoms with E-state index in [4.69, 9.17) is 0 Å². The van der Waals surface area contributed by atoms with Crippen LogP contribution in [0.25, 0.3) is 0 Å². The Balaban J connectivity index is 2.49. The summed E-state index contributed by atoms with van der Waals surface area (Å²) < 4.78 is 39.1. The van der Waals surface area contributed by atoms with E-state index in [0.29, 0.717) is 5.82 Å². The molecule has 0 atom stereocenters. The lowest BCUT2D eigenvalue weighted by Gasteiger charge is -2.04. The van der Waals surface area contributed by atoms with Gasteiger partial charge in [0.1, 0.15) is 5.82 Å². The third-order valence-corrected chi connectivity index (χ3v) is 2.55. The number of nitrogens with one attached hydrogen (secondary N) is 1. The molecule has 0 unspecified atom stereocenters. The molecule has 1 heterocycles. The molecule has 1 aliphatic rings. The molecular weight excluding hydrogens is 207 g/mol. The molecule has 0 amide bonds. The maximum absolute atomic E-state index is 12.6. The van der Waals surface area contributed by atoms with Crippen molar-refractivity contribution in [1.82, 2.24) is 9.78 Å². The smallest absolute Gasteiger partial charge is 0.373 e. The molecule has 3 nitrogen and oxygen atoms in total.